The Balaban J connectivity index is 3.55. The van der Waals surface area contributed by atoms with Crippen molar-refractivity contribution in [1.29, 1.82) is 0 Å². The maximum absolute atomic E-state index is 12.0. The van der Waals surface area contributed by atoms with Crippen LogP contribution in [0.4, 0.5) is 8.78 Å². The minimum Gasteiger partial charge on any atom is -0.303 e. The van der Waals surface area contributed by atoms with Crippen LogP contribution in [0.1, 0.15) is 6.55 Å². The molecule has 0 aliphatic heterocycles. The third-order valence-electron chi connectivity index (χ3n) is 1.38. The molecule has 1 rings (SSSR count). The zero-order valence-corrected chi connectivity index (χ0v) is 6.20. The molecule has 4 nitrogen and oxygen atoms in total. The van der Waals surface area contributed by atoms with Gasteiger partial charge in [-0.1, -0.05) is 0 Å². The average molecular weight is 176 g/mol. The molecular formula is C6H6F2N2O2. The van der Waals surface area contributed by atoms with Gasteiger partial charge in [0.2, 0.25) is 0 Å². The first-order valence-electron chi connectivity index (χ1n) is 3.10. The number of aryl methyl sites for hydroxylation is 1. The molecule has 66 valence electrons. The second-order valence-electron chi connectivity index (χ2n) is 2.20. The van der Waals surface area contributed by atoms with Crippen molar-refractivity contribution in [3.05, 3.63) is 33.1 Å². The van der Waals surface area contributed by atoms with Crippen molar-refractivity contribution < 1.29 is 8.78 Å². The highest BCUT2D eigenvalue weighted by atomic mass is 19.3. The molecule has 1 aromatic rings. The average Bonchev–Trinajstić information content (AvgIpc) is 1.97. The third-order valence-corrected chi connectivity index (χ3v) is 1.38. The monoisotopic (exact) mass is 176 g/mol. The van der Waals surface area contributed by atoms with E-state index in [9.17, 15) is 18.4 Å². The molecule has 0 saturated heterocycles. The summed E-state index contributed by atoms with van der Waals surface area (Å²) in [5, 5.41) is 0. The molecule has 0 fully saturated rings. The van der Waals surface area contributed by atoms with E-state index in [1.54, 1.807) is 0 Å². The van der Waals surface area contributed by atoms with Gasteiger partial charge in [-0.25, -0.2) is 9.36 Å². The van der Waals surface area contributed by atoms with Crippen molar-refractivity contribution in [1.82, 2.24) is 9.13 Å². The first-order valence-corrected chi connectivity index (χ1v) is 3.10. The highest BCUT2D eigenvalue weighted by Gasteiger charge is 2.11. The predicted molar refractivity (Wildman–Crippen MR) is 37.2 cm³/mol. The van der Waals surface area contributed by atoms with Gasteiger partial charge in [0.05, 0.1) is 0 Å². The molecule has 0 saturated carbocycles. The molecule has 0 bridgehead atoms. The van der Waals surface area contributed by atoms with Crippen LogP contribution in [0, 0.1) is 0 Å². The van der Waals surface area contributed by atoms with Crippen molar-refractivity contribution in [3.63, 3.8) is 0 Å². The third kappa shape index (κ3) is 1.27. The second-order valence-corrected chi connectivity index (χ2v) is 2.20. The van der Waals surface area contributed by atoms with Crippen LogP contribution in [-0.2, 0) is 7.05 Å². The van der Waals surface area contributed by atoms with Gasteiger partial charge in [0.1, 0.15) is 0 Å². The fourth-order valence-electron chi connectivity index (χ4n) is 0.764. The van der Waals surface area contributed by atoms with Crippen LogP contribution in [0.15, 0.2) is 21.9 Å². The van der Waals surface area contributed by atoms with E-state index >= 15 is 0 Å². The number of aromatic nitrogens is 2. The number of alkyl halides is 2. The van der Waals surface area contributed by atoms with E-state index in [2.05, 4.69) is 0 Å². The summed E-state index contributed by atoms with van der Waals surface area (Å²) in [6, 6.07) is 0.910. The molecule has 0 spiro atoms. The normalized spacial score (nSPS) is 10.7. The lowest BCUT2D eigenvalue weighted by Gasteiger charge is -2.03. The topological polar surface area (TPSA) is 44.0 Å². The number of hydrogen-bond donors (Lipinski definition) is 0. The molecule has 0 aliphatic carbocycles. The number of halogens is 2. The van der Waals surface area contributed by atoms with Gasteiger partial charge in [-0.2, -0.15) is 8.78 Å². The van der Waals surface area contributed by atoms with Gasteiger partial charge >= 0.3 is 12.2 Å². The standard InChI is InChI=1S/C6H6F2N2O2/c1-9-3-2-4(11)10(5(7)8)6(9)12/h2-3,5H,1H3. The van der Waals surface area contributed by atoms with Gasteiger partial charge < -0.3 is 4.57 Å². The summed E-state index contributed by atoms with van der Waals surface area (Å²) in [6.45, 7) is -3.09. The van der Waals surface area contributed by atoms with Crippen LogP contribution in [0.2, 0.25) is 0 Å². The second kappa shape index (κ2) is 2.88. The van der Waals surface area contributed by atoms with E-state index in [-0.39, 0.29) is 4.57 Å². The Morgan fingerprint density at radius 1 is 1.42 bits per heavy atom. The van der Waals surface area contributed by atoms with E-state index in [0.29, 0.717) is 0 Å². The SMILES string of the molecule is Cn1ccc(=O)n(C(F)F)c1=O. The molecule has 0 N–H and O–H groups in total. The fraction of sp³-hybridized carbons (Fsp3) is 0.333. The summed E-state index contributed by atoms with van der Waals surface area (Å²) in [6.07, 6.45) is 1.14. The summed E-state index contributed by atoms with van der Waals surface area (Å²) < 4.78 is 24.8. The number of nitrogens with zero attached hydrogens (tertiary/aromatic N) is 2. The molecule has 0 radical (unpaired) electrons. The van der Waals surface area contributed by atoms with Crippen molar-refractivity contribution in [2.45, 2.75) is 6.55 Å². The Morgan fingerprint density at radius 2 is 2.00 bits per heavy atom. The predicted octanol–water partition coefficient (Wildman–Crippen LogP) is -0.0579. The zero-order chi connectivity index (χ0) is 9.30. The molecule has 0 aromatic carbocycles. The minimum atomic E-state index is -3.09. The lowest BCUT2D eigenvalue weighted by Crippen LogP contribution is -2.38. The first kappa shape index (κ1) is 8.63. The van der Waals surface area contributed by atoms with Gasteiger partial charge in [-0.05, 0) is 0 Å². The molecule has 6 heteroatoms. The van der Waals surface area contributed by atoms with Crippen LogP contribution in [-0.4, -0.2) is 9.13 Å². The van der Waals surface area contributed by atoms with Gasteiger partial charge in [0.25, 0.3) is 5.56 Å². The minimum absolute atomic E-state index is 0.111. The fourth-order valence-corrected chi connectivity index (χ4v) is 0.764. The Hall–Kier alpha value is -1.46. The molecule has 0 aliphatic rings. The van der Waals surface area contributed by atoms with Crippen LogP contribution in [0.5, 0.6) is 0 Å². The Labute approximate surface area is 65.7 Å². The highest BCUT2D eigenvalue weighted by molar-refractivity contribution is 4.85. The van der Waals surface area contributed by atoms with E-state index in [0.717, 1.165) is 16.8 Å². The largest absolute Gasteiger partial charge is 0.335 e. The lowest BCUT2D eigenvalue weighted by molar-refractivity contribution is 0.0600. The van der Waals surface area contributed by atoms with E-state index < -0.39 is 17.8 Å². The molecule has 0 unspecified atom stereocenters. The summed E-state index contributed by atoms with van der Waals surface area (Å²) in [5.74, 6) is 0. The van der Waals surface area contributed by atoms with Crippen LogP contribution in [0.25, 0.3) is 0 Å². The zero-order valence-electron chi connectivity index (χ0n) is 6.20. The maximum atomic E-state index is 12.0. The smallest absolute Gasteiger partial charge is 0.303 e. The van der Waals surface area contributed by atoms with Crippen LogP contribution in [0.3, 0.4) is 0 Å². The quantitative estimate of drug-likeness (QED) is 0.601. The van der Waals surface area contributed by atoms with Gasteiger partial charge in [0.15, 0.2) is 0 Å². The van der Waals surface area contributed by atoms with Crippen molar-refractivity contribution >= 4 is 0 Å². The molecular weight excluding hydrogens is 170 g/mol. The Bertz CT molecular complexity index is 393. The maximum Gasteiger partial charge on any atom is 0.335 e. The van der Waals surface area contributed by atoms with E-state index in [4.69, 9.17) is 0 Å². The first-order chi connectivity index (χ1) is 5.54. The molecule has 0 amide bonds. The van der Waals surface area contributed by atoms with Crippen LogP contribution >= 0.6 is 0 Å². The van der Waals surface area contributed by atoms with Crippen LogP contribution < -0.4 is 11.2 Å². The number of hydrogen-bond acceptors (Lipinski definition) is 2. The summed E-state index contributed by atoms with van der Waals surface area (Å²) in [5.41, 5.74) is -2.01. The summed E-state index contributed by atoms with van der Waals surface area (Å²) in [4.78, 5) is 21.6. The van der Waals surface area contributed by atoms with Crippen molar-refractivity contribution in [2.75, 3.05) is 0 Å². The van der Waals surface area contributed by atoms with Crippen molar-refractivity contribution in [2.24, 2.45) is 7.05 Å². The van der Waals surface area contributed by atoms with Crippen molar-refractivity contribution in [3.8, 4) is 0 Å². The van der Waals surface area contributed by atoms with E-state index in [1.165, 1.54) is 7.05 Å². The molecule has 1 heterocycles. The van der Waals surface area contributed by atoms with Gasteiger partial charge in [0, 0.05) is 19.3 Å². The van der Waals surface area contributed by atoms with Gasteiger partial charge in [-0.3, -0.25) is 4.79 Å². The Morgan fingerprint density at radius 3 is 2.42 bits per heavy atom. The molecule has 1 aromatic heterocycles. The lowest BCUT2D eigenvalue weighted by atomic mass is 10.6. The Kier molecular flexibility index (Phi) is 2.07. The van der Waals surface area contributed by atoms with Gasteiger partial charge in [-0.15, -0.1) is 0 Å². The summed E-state index contributed by atoms with van der Waals surface area (Å²) >= 11 is 0. The number of rotatable bonds is 1. The van der Waals surface area contributed by atoms with E-state index in [1.807, 2.05) is 0 Å². The molecule has 12 heavy (non-hydrogen) atoms. The summed E-state index contributed by atoms with van der Waals surface area (Å²) in [7, 11) is 1.29. The molecule has 0 atom stereocenters. The highest BCUT2D eigenvalue weighted by Crippen LogP contribution is 2.00.